The van der Waals surface area contributed by atoms with Gasteiger partial charge in [0.1, 0.15) is 5.75 Å². The van der Waals surface area contributed by atoms with Crippen LogP contribution in [0.3, 0.4) is 0 Å². The molecule has 0 N–H and O–H groups in total. The van der Waals surface area contributed by atoms with Crippen molar-refractivity contribution in [2.24, 2.45) is 17.8 Å². The topological polar surface area (TPSA) is 84.0 Å². The largest absolute Gasteiger partial charge is 0.426 e. The number of carbonyl (C=O) groups excluding carboxylic acids is 4. The van der Waals surface area contributed by atoms with E-state index in [0.29, 0.717) is 17.0 Å². The Balaban J connectivity index is 1.05. The number of para-hydroxylation sites is 1. The zero-order valence-corrected chi connectivity index (χ0v) is 25.3. The first kappa shape index (κ1) is 27.5. The van der Waals surface area contributed by atoms with Gasteiger partial charge in [-0.2, -0.15) is 0 Å². The number of benzene rings is 4. The average molecular weight is 597 g/mol. The van der Waals surface area contributed by atoms with Crippen molar-refractivity contribution in [3.05, 3.63) is 124 Å². The fourth-order valence-corrected chi connectivity index (χ4v) is 8.37. The molecule has 3 amide bonds. The first-order valence-electron chi connectivity index (χ1n) is 15.5. The Morgan fingerprint density at radius 3 is 1.73 bits per heavy atom. The van der Waals surface area contributed by atoms with E-state index in [9.17, 15) is 19.2 Å². The molecular formula is C38H32N2O5. The van der Waals surface area contributed by atoms with Gasteiger partial charge in [-0.05, 0) is 77.9 Å². The number of hydrogen-bond acceptors (Lipinski definition) is 5. The summed E-state index contributed by atoms with van der Waals surface area (Å²) in [6.45, 7) is 5.99. The minimum absolute atomic E-state index is 0.0797. The van der Waals surface area contributed by atoms with Crippen molar-refractivity contribution < 1.29 is 23.9 Å². The van der Waals surface area contributed by atoms with Crippen molar-refractivity contribution in [2.45, 2.75) is 39.0 Å². The summed E-state index contributed by atoms with van der Waals surface area (Å²) in [5.74, 6) is -2.52. The highest BCUT2D eigenvalue weighted by atomic mass is 16.5. The Kier molecular flexibility index (Phi) is 6.11. The molecule has 45 heavy (non-hydrogen) atoms. The molecule has 2 bridgehead atoms. The average Bonchev–Trinajstić information content (AvgIpc) is 3.54. The summed E-state index contributed by atoms with van der Waals surface area (Å²) < 4.78 is 5.76. The Bertz CT molecular complexity index is 1830. The second kappa shape index (κ2) is 9.99. The fourth-order valence-electron chi connectivity index (χ4n) is 8.37. The lowest BCUT2D eigenvalue weighted by molar-refractivity contribution is -0.139. The van der Waals surface area contributed by atoms with Crippen LogP contribution in [0.5, 0.6) is 5.75 Å². The van der Waals surface area contributed by atoms with E-state index < -0.39 is 23.7 Å². The van der Waals surface area contributed by atoms with E-state index in [0.717, 1.165) is 39.1 Å². The van der Waals surface area contributed by atoms with Gasteiger partial charge in [0, 0.05) is 30.5 Å². The van der Waals surface area contributed by atoms with Crippen molar-refractivity contribution in [3.8, 4) is 5.75 Å². The quantitative estimate of drug-likeness (QED) is 0.165. The molecule has 9 rings (SSSR count). The van der Waals surface area contributed by atoms with Crippen LogP contribution < -0.4 is 14.5 Å². The van der Waals surface area contributed by atoms with Gasteiger partial charge < -0.3 is 9.64 Å². The number of ether oxygens (including phenoxy) is 1. The molecule has 3 atom stereocenters. The maximum Gasteiger partial charge on any atom is 0.316 e. The van der Waals surface area contributed by atoms with Gasteiger partial charge in [-0.1, -0.05) is 66.7 Å². The molecule has 2 heterocycles. The summed E-state index contributed by atoms with van der Waals surface area (Å²) in [6, 6.07) is 27.2. The predicted molar refractivity (Wildman–Crippen MR) is 169 cm³/mol. The Hall–Kier alpha value is -5.04. The monoisotopic (exact) mass is 596 g/mol. The predicted octanol–water partition coefficient (Wildman–Crippen LogP) is 5.97. The third kappa shape index (κ3) is 3.96. The SMILES string of the molecule is Cc1cc(OC(=O)[C@@H]2CC(=O)N(c3c(C)cccc3C)C2)ccc1N1C(=O)[C@@H]2C3c4ccccc4C(c4ccccc43)[C@H]2C1=O. The Morgan fingerprint density at radius 2 is 1.22 bits per heavy atom. The summed E-state index contributed by atoms with van der Waals surface area (Å²) >= 11 is 0. The minimum Gasteiger partial charge on any atom is -0.426 e. The molecule has 2 saturated heterocycles. The number of esters is 1. The molecule has 0 unspecified atom stereocenters. The van der Waals surface area contributed by atoms with Gasteiger partial charge in [0.05, 0.1) is 23.4 Å². The number of hydrogen-bond donors (Lipinski definition) is 0. The highest BCUT2D eigenvalue weighted by Crippen LogP contribution is 2.61. The number of amides is 3. The van der Waals surface area contributed by atoms with Crippen LogP contribution in [-0.4, -0.2) is 30.2 Å². The number of carbonyl (C=O) groups is 4. The first-order chi connectivity index (χ1) is 21.7. The lowest BCUT2D eigenvalue weighted by Gasteiger charge is -2.45. The molecule has 0 aromatic heterocycles. The number of nitrogens with zero attached hydrogens (tertiary/aromatic N) is 2. The zero-order valence-electron chi connectivity index (χ0n) is 25.3. The fraction of sp³-hybridized carbons (Fsp3) is 0.263. The van der Waals surface area contributed by atoms with Gasteiger partial charge in [-0.3, -0.25) is 19.2 Å². The first-order valence-corrected chi connectivity index (χ1v) is 15.5. The van der Waals surface area contributed by atoms with E-state index in [1.165, 1.54) is 4.90 Å². The van der Waals surface area contributed by atoms with Crippen LogP contribution in [0.4, 0.5) is 11.4 Å². The highest BCUT2D eigenvalue weighted by Gasteiger charge is 2.61. The van der Waals surface area contributed by atoms with E-state index in [2.05, 4.69) is 24.3 Å². The van der Waals surface area contributed by atoms with Crippen LogP contribution in [-0.2, 0) is 19.2 Å². The van der Waals surface area contributed by atoms with Crippen LogP contribution in [0, 0.1) is 38.5 Å². The molecule has 4 aromatic carbocycles. The van der Waals surface area contributed by atoms with Gasteiger partial charge in [-0.25, -0.2) is 4.90 Å². The number of imide groups is 1. The van der Waals surface area contributed by atoms with Gasteiger partial charge in [0.2, 0.25) is 17.7 Å². The molecule has 2 fully saturated rings. The molecule has 5 aliphatic rings. The van der Waals surface area contributed by atoms with Gasteiger partial charge in [0.25, 0.3) is 0 Å². The van der Waals surface area contributed by atoms with E-state index in [1.807, 2.05) is 63.2 Å². The molecule has 0 radical (unpaired) electrons. The summed E-state index contributed by atoms with van der Waals surface area (Å²) in [5.41, 5.74) is 8.49. The smallest absolute Gasteiger partial charge is 0.316 e. The van der Waals surface area contributed by atoms with Crippen molar-refractivity contribution in [1.29, 1.82) is 0 Å². The standard InChI is InChI=1S/C38H32N2O5/c1-20-9-8-10-21(2)35(20)39-19-23(18-30(39)41)38(44)45-24-15-16-29(22(3)17-24)40-36(42)33-31-25-11-4-5-12-26(25)32(34(33)37(40)43)28-14-7-6-13-27(28)31/h4-17,23,31-34H,18-19H2,1-3H3/t23-,31?,32?,33-,34-/m1/s1. The second-order valence-electron chi connectivity index (χ2n) is 12.8. The number of rotatable bonds is 4. The molecule has 224 valence electrons. The minimum atomic E-state index is -0.597. The lowest BCUT2D eigenvalue weighted by atomic mass is 9.55. The van der Waals surface area contributed by atoms with Crippen LogP contribution in [0.25, 0.3) is 0 Å². The van der Waals surface area contributed by atoms with Crippen molar-refractivity contribution in [3.63, 3.8) is 0 Å². The summed E-state index contributed by atoms with van der Waals surface area (Å²) in [5, 5.41) is 0. The third-order valence-corrected chi connectivity index (χ3v) is 10.2. The highest BCUT2D eigenvalue weighted by molar-refractivity contribution is 6.23. The van der Waals surface area contributed by atoms with Crippen molar-refractivity contribution in [2.75, 3.05) is 16.3 Å². The second-order valence-corrected chi connectivity index (χ2v) is 12.8. The van der Waals surface area contributed by atoms with E-state index in [1.54, 1.807) is 23.1 Å². The van der Waals surface area contributed by atoms with Crippen LogP contribution in [0.2, 0.25) is 0 Å². The maximum atomic E-state index is 14.2. The summed E-state index contributed by atoms with van der Waals surface area (Å²) in [6.07, 6.45) is 0.0797. The number of aryl methyl sites for hydroxylation is 3. The van der Waals surface area contributed by atoms with E-state index in [-0.39, 0.29) is 42.5 Å². The Morgan fingerprint density at radius 1 is 0.689 bits per heavy atom. The van der Waals surface area contributed by atoms with Crippen molar-refractivity contribution in [1.82, 2.24) is 0 Å². The Labute approximate surface area is 261 Å². The molecule has 4 aromatic rings. The number of anilines is 2. The van der Waals surface area contributed by atoms with Crippen LogP contribution >= 0.6 is 0 Å². The normalized spacial score (nSPS) is 24.5. The molecular weight excluding hydrogens is 564 g/mol. The third-order valence-electron chi connectivity index (χ3n) is 10.2. The molecule has 3 aliphatic carbocycles. The van der Waals surface area contributed by atoms with Gasteiger partial charge in [0.15, 0.2) is 0 Å². The summed E-state index contributed by atoms with van der Waals surface area (Å²) in [7, 11) is 0. The lowest BCUT2D eigenvalue weighted by Crippen LogP contribution is -2.41. The van der Waals surface area contributed by atoms with Crippen LogP contribution in [0.15, 0.2) is 84.9 Å². The zero-order chi connectivity index (χ0) is 31.1. The van der Waals surface area contributed by atoms with E-state index >= 15 is 0 Å². The van der Waals surface area contributed by atoms with E-state index in [4.69, 9.17) is 4.74 Å². The molecule has 2 aliphatic heterocycles. The molecule has 7 heteroatoms. The maximum absolute atomic E-state index is 14.2. The molecule has 0 spiro atoms. The molecule has 0 saturated carbocycles. The van der Waals surface area contributed by atoms with Crippen molar-refractivity contribution >= 4 is 35.1 Å². The summed E-state index contributed by atoms with van der Waals surface area (Å²) in [4.78, 5) is 57.5. The van der Waals surface area contributed by atoms with Gasteiger partial charge >= 0.3 is 5.97 Å². The van der Waals surface area contributed by atoms with Crippen LogP contribution in [0.1, 0.15) is 57.2 Å². The van der Waals surface area contributed by atoms with Gasteiger partial charge in [-0.15, -0.1) is 0 Å². The molecule has 7 nitrogen and oxygen atoms in total.